The number of likely N-dealkylation sites (N-methyl/N-ethyl adjacent to an activating group) is 1. The van der Waals surface area contributed by atoms with Gasteiger partial charge >= 0.3 is 0 Å². The lowest BCUT2D eigenvalue weighted by atomic mass is 10.1. The lowest BCUT2D eigenvalue weighted by molar-refractivity contribution is -0.121. The first-order valence-corrected chi connectivity index (χ1v) is 8.21. The second kappa shape index (κ2) is 8.29. The van der Waals surface area contributed by atoms with Crippen LogP contribution in [0.1, 0.15) is 25.6 Å². The van der Waals surface area contributed by atoms with E-state index in [-0.39, 0.29) is 5.91 Å². The summed E-state index contributed by atoms with van der Waals surface area (Å²) in [5.74, 6) is 1.15. The Hall–Kier alpha value is -1.40. The smallest absolute Gasteiger partial charge is 0.220 e. The van der Waals surface area contributed by atoms with E-state index in [0.29, 0.717) is 19.0 Å². The maximum atomic E-state index is 11.9. The van der Waals surface area contributed by atoms with Crippen molar-refractivity contribution in [3.63, 3.8) is 0 Å². The Balaban J connectivity index is 1.60. The molecule has 1 aliphatic heterocycles. The van der Waals surface area contributed by atoms with Gasteiger partial charge in [0.15, 0.2) is 0 Å². The Morgan fingerprint density at radius 2 is 2.05 bits per heavy atom. The van der Waals surface area contributed by atoms with Crippen molar-refractivity contribution in [2.24, 2.45) is 7.05 Å². The van der Waals surface area contributed by atoms with E-state index in [4.69, 9.17) is 0 Å². The molecule has 1 atom stereocenters. The minimum atomic E-state index is 0.148. The van der Waals surface area contributed by atoms with Gasteiger partial charge in [-0.2, -0.15) is 0 Å². The zero-order valence-corrected chi connectivity index (χ0v) is 14.1. The minimum Gasteiger partial charge on any atom is -0.356 e. The second-order valence-corrected chi connectivity index (χ2v) is 6.28. The van der Waals surface area contributed by atoms with Crippen LogP contribution in [0, 0.1) is 0 Å². The summed E-state index contributed by atoms with van der Waals surface area (Å²) in [6.07, 6.45) is 6.03. The van der Waals surface area contributed by atoms with E-state index in [0.717, 1.165) is 44.8 Å². The summed E-state index contributed by atoms with van der Waals surface area (Å²) >= 11 is 0. The van der Waals surface area contributed by atoms with E-state index in [1.54, 1.807) is 6.20 Å². The number of carbonyl (C=O) groups excluding carboxylic acids is 1. The average Bonchev–Trinajstić information content (AvgIpc) is 2.91. The first kappa shape index (κ1) is 17.0. The van der Waals surface area contributed by atoms with Crippen LogP contribution in [0.15, 0.2) is 12.4 Å². The van der Waals surface area contributed by atoms with E-state index in [1.807, 2.05) is 17.8 Å². The largest absolute Gasteiger partial charge is 0.356 e. The Bertz CT molecular complexity index is 465. The van der Waals surface area contributed by atoms with Crippen molar-refractivity contribution in [1.29, 1.82) is 0 Å². The van der Waals surface area contributed by atoms with Gasteiger partial charge < -0.3 is 14.8 Å². The Kier molecular flexibility index (Phi) is 6.39. The molecule has 0 bridgehead atoms. The molecule has 0 aromatic carbocycles. The SMILES string of the molecule is CC(CCC(=O)NCCc1nccn1C)N1CCN(C)CC1. The van der Waals surface area contributed by atoms with Crippen LogP contribution < -0.4 is 5.32 Å². The molecular formula is C16H29N5O. The van der Waals surface area contributed by atoms with Gasteiger partial charge in [0.2, 0.25) is 5.91 Å². The van der Waals surface area contributed by atoms with Gasteiger partial charge in [-0.25, -0.2) is 4.98 Å². The summed E-state index contributed by atoms with van der Waals surface area (Å²) in [5, 5.41) is 2.99. The highest BCUT2D eigenvalue weighted by Gasteiger charge is 2.19. The second-order valence-electron chi connectivity index (χ2n) is 6.28. The number of nitrogens with zero attached hydrogens (tertiary/aromatic N) is 4. The number of amides is 1. The standard InChI is InChI=1S/C16H29N5O/c1-14(21-12-10-19(2)11-13-21)4-5-16(22)18-7-6-15-17-8-9-20(15)3/h8-9,14H,4-7,10-13H2,1-3H3,(H,18,22). The first-order chi connectivity index (χ1) is 10.6. The molecule has 1 fully saturated rings. The van der Waals surface area contributed by atoms with Crippen LogP contribution in [0.4, 0.5) is 0 Å². The van der Waals surface area contributed by atoms with Crippen LogP contribution in [0.25, 0.3) is 0 Å². The topological polar surface area (TPSA) is 53.4 Å². The number of nitrogens with one attached hydrogen (secondary N) is 1. The molecular weight excluding hydrogens is 278 g/mol. The van der Waals surface area contributed by atoms with Gasteiger partial charge in [0, 0.05) is 71.0 Å². The lowest BCUT2D eigenvalue weighted by Crippen LogP contribution is -2.48. The third-order valence-corrected chi connectivity index (χ3v) is 4.54. The highest BCUT2D eigenvalue weighted by molar-refractivity contribution is 5.75. The van der Waals surface area contributed by atoms with Crippen molar-refractivity contribution >= 4 is 5.91 Å². The molecule has 1 saturated heterocycles. The Morgan fingerprint density at radius 1 is 1.32 bits per heavy atom. The molecule has 0 radical (unpaired) electrons. The Labute approximate surface area is 133 Å². The zero-order valence-electron chi connectivity index (χ0n) is 14.1. The monoisotopic (exact) mass is 307 g/mol. The van der Waals surface area contributed by atoms with E-state index < -0.39 is 0 Å². The van der Waals surface area contributed by atoms with Crippen LogP contribution in [0.3, 0.4) is 0 Å². The van der Waals surface area contributed by atoms with E-state index in [9.17, 15) is 4.79 Å². The molecule has 6 nitrogen and oxygen atoms in total. The predicted molar refractivity (Wildman–Crippen MR) is 87.7 cm³/mol. The Morgan fingerprint density at radius 3 is 2.68 bits per heavy atom. The van der Waals surface area contributed by atoms with Gasteiger partial charge in [-0.05, 0) is 20.4 Å². The van der Waals surface area contributed by atoms with Crippen LogP contribution >= 0.6 is 0 Å². The molecule has 6 heteroatoms. The minimum absolute atomic E-state index is 0.148. The van der Waals surface area contributed by atoms with Crippen LogP contribution in [0.2, 0.25) is 0 Å². The summed E-state index contributed by atoms with van der Waals surface area (Å²) in [6, 6.07) is 0.481. The van der Waals surface area contributed by atoms with Crippen LogP contribution in [0.5, 0.6) is 0 Å². The maximum Gasteiger partial charge on any atom is 0.220 e. The van der Waals surface area contributed by atoms with E-state index in [2.05, 4.69) is 34.1 Å². The number of hydrogen-bond donors (Lipinski definition) is 1. The van der Waals surface area contributed by atoms with Gasteiger partial charge in [-0.1, -0.05) is 0 Å². The van der Waals surface area contributed by atoms with Crippen LogP contribution in [-0.2, 0) is 18.3 Å². The van der Waals surface area contributed by atoms with Gasteiger partial charge in [0.25, 0.3) is 0 Å². The third-order valence-electron chi connectivity index (χ3n) is 4.54. The molecule has 1 aromatic rings. The number of aromatic nitrogens is 2. The number of carbonyl (C=O) groups is 1. The van der Waals surface area contributed by atoms with Crippen LogP contribution in [-0.4, -0.2) is 71.1 Å². The number of aryl methyl sites for hydroxylation is 1. The highest BCUT2D eigenvalue weighted by atomic mass is 16.1. The molecule has 0 aliphatic carbocycles. The van der Waals surface area contributed by atoms with Crippen molar-refractivity contribution in [2.45, 2.75) is 32.2 Å². The normalized spacial score (nSPS) is 18.3. The quantitative estimate of drug-likeness (QED) is 0.797. The molecule has 1 amide bonds. The first-order valence-electron chi connectivity index (χ1n) is 8.21. The fourth-order valence-corrected chi connectivity index (χ4v) is 2.82. The van der Waals surface area contributed by atoms with Crippen molar-refractivity contribution in [1.82, 2.24) is 24.7 Å². The zero-order chi connectivity index (χ0) is 15.9. The maximum absolute atomic E-state index is 11.9. The summed E-state index contributed by atoms with van der Waals surface area (Å²) in [7, 11) is 4.14. The average molecular weight is 307 g/mol. The molecule has 2 heterocycles. The molecule has 1 unspecified atom stereocenters. The number of piperazine rings is 1. The van der Waals surface area contributed by atoms with Crippen molar-refractivity contribution in [3.8, 4) is 0 Å². The molecule has 124 valence electrons. The van der Waals surface area contributed by atoms with E-state index >= 15 is 0 Å². The summed E-state index contributed by atoms with van der Waals surface area (Å²) in [5.41, 5.74) is 0. The molecule has 2 rings (SSSR count). The molecule has 0 saturated carbocycles. The fraction of sp³-hybridized carbons (Fsp3) is 0.750. The molecule has 1 aliphatic rings. The molecule has 1 N–H and O–H groups in total. The fourth-order valence-electron chi connectivity index (χ4n) is 2.82. The summed E-state index contributed by atoms with van der Waals surface area (Å²) in [6.45, 7) is 7.36. The number of hydrogen-bond acceptors (Lipinski definition) is 4. The predicted octanol–water partition coefficient (Wildman–Crippen LogP) is 0.495. The lowest BCUT2D eigenvalue weighted by Gasteiger charge is -2.36. The van der Waals surface area contributed by atoms with Gasteiger partial charge in [-0.3, -0.25) is 9.69 Å². The summed E-state index contributed by atoms with van der Waals surface area (Å²) < 4.78 is 1.99. The van der Waals surface area contributed by atoms with Gasteiger partial charge in [-0.15, -0.1) is 0 Å². The van der Waals surface area contributed by atoms with Gasteiger partial charge in [0.1, 0.15) is 5.82 Å². The highest BCUT2D eigenvalue weighted by Crippen LogP contribution is 2.09. The van der Waals surface area contributed by atoms with Gasteiger partial charge in [0.05, 0.1) is 0 Å². The third kappa shape index (κ3) is 5.10. The van der Waals surface area contributed by atoms with E-state index in [1.165, 1.54) is 0 Å². The summed E-state index contributed by atoms with van der Waals surface area (Å²) in [4.78, 5) is 21.0. The molecule has 1 aromatic heterocycles. The van der Waals surface area contributed by atoms with Crippen molar-refractivity contribution < 1.29 is 4.79 Å². The van der Waals surface area contributed by atoms with Crippen molar-refractivity contribution in [2.75, 3.05) is 39.8 Å². The van der Waals surface area contributed by atoms with Crippen molar-refractivity contribution in [3.05, 3.63) is 18.2 Å². The number of imidazole rings is 1. The number of rotatable bonds is 7. The molecule has 22 heavy (non-hydrogen) atoms. The molecule has 0 spiro atoms.